The van der Waals surface area contributed by atoms with E-state index in [4.69, 9.17) is 0 Å². The molecule has 1 unspecified atom stereocenters. The summed E-state index contributed by atoms with van der Waals surface area (Å²) in [6, 6.07) is 16.7. The van der Waals surface area contributed by atoms with Gasteiger partial charge in [-0.25, -0.2) is 0 Å². The minimum absolute atomic E-state index is 0.0572. The van der Waals surface area contributed by atoms with Gasteiger partial charge in [-0.1, -0.05) is 48.0 Å². The summed E-state index contributed by atoms with van der Waals surface area (Å²) in [7, 11) is 0. The molecule has 0 bridgehead atoms. The Morgan fingerprint density at radius 2 is 1.72 bits per heavy atom. The minimum Gasteiger partial charge on any atom is -0.355 e. The van der Waals surface area contributed by atoms with Crippen LogP contribution in [0, 0.1) is 6.92 Å². The first-order chi connectivity index (χ1) is 14.1. The number of carbonyl (C=O) groups excluding carboxylic acids is 2. The average molecular weight is 395 g/mol. The number of hydrogen-bond donors (Lipinski definition) is 3. The summed E-state index contributed by atoms with van der Waals surface area (Å²) < 4.78 is 0. The number of aryl methyl sites for hydroxylation is 1. The van der Waals surface area contributed by atoms with Gasteiger partial charge in [0.25, 0.3) is 5.91 Å². The maximum atomic E-state index is 12.7. The van der Waals surface area contributed by atoms with Crippen molar-refractivity contribution in [3.8, 4) is 0 Å². The molecule has 6 heteroatoms. The molecule has 1 saturated heterocycles. The minimum atomic E-state index is -0.371. The normalized spacial score (nSPS) is 15.5. The molecule has 0 spiro atoms. The number of rotatable bonds is 8. The summed E-state index contributed by atoms with van der Waals surface area (Å²) in [4.78, 5) is 27.6. The Balaban J connectivity index is 1.57. The summed E-state index contributed by atoms with van der Waals surface area (Å²) in [6.07, 6.45) is 0.211. The number of benzene rings is 2. The Morgan fingerprint density at radius 1 is 1.03 bits per heavy atom. The number of piperazine rings is 1. The third kappa shape index (κ3) is 6.69. The van der Waals surface area contributed by atoms with Crippen LogP contribution in [0.1, 0.15) is 33.9 Å². The van der Waals surface area contributed by atoms with Crippen LogP contribution in [0.4, 0.5) is 0 Å². The van der Waals surface area contributed by atoms with Crippen LogP contribution in [0.25, 0.3) is 0 Å². The highest BCUT2D eigenvalue weighted by atomic mass is 16.2. The van der Waals surface area contributed by atoms with E-state index in [-0.39, 0.29) is 24.3 Å². The van der Waals surface area contributed by atoms with Gasteiger partial charge in [0.1, 0.15) is 0 Å². The number of carbonyl (C=O) groups is 2. The molecule has 154 valence electrons. The summed E-state index contributed by atoms with van der Waals surface area (Å²) in [5.41, 5.74) is 2.62. The molecule has 2 aromatic carbocycles. The van der Waals surface area contributed by atoms with Crippen molar-refractivity contribution in [3.63, 3.8) is 0 Å². The third-order valence-corrected chi connectivity index (χ3v) is 5.17. The van der Waals surface area contributed by atoms with E-state index in [1.54, 1.807) is 12.1 Å². The van der Waals surface area contributed by atoms with Gasteiger partial charge in [-0.2, -0.15) is 0 Å². The lowest BCUT2D eigenvalue weighted by Gasteiger charge is -2.27. The fourth-order valence-electron chi connectivity index (χ4n) is 3.43. The predicted octanol–water partition coefficient (Wildman–Crippen LogP) is 1.88. The summed E-state index contributed by atoms with van der Waals surface area (Å²) in [5, 5.41) is 9.34. The van der Waals surface area contributed by atoms with E-state index in [0.29, 0.717) is 12.1 Å². The van der Waals surface area contributed by atoms with Crippen LogP contribution in [0.5, 0.6) is 0 Å². The largest absolute Gasteiger partial charge is 0.355 e. The van der Waals surface area contributed by atoms with Crippen molar-refractivity contribution in [3.05, 3.63) is 71.3 Å². The molecule has 3 rings (SSSR count). The average Bonchev–Trinajstić information content (AvgIpc) is 2.75. The third-order valence-electron chi connectivity index (χ3n) is 5.17. The number of nitrogens with one attached hydrogen (secondary N) is 3. The monoisotopic (exact) mass is 394 g/mol. The Labute approximate surface area is 172 Å². The Hall–Kier alpha value is -2.70. The molecule has 29 heavy (non-hydrogen) atoms. The fourth-order valence-corrected chi connectivity index (χ4v) is 3.43. The lowest BCUT2D eigenvalue weighted by molar-refractivity contribution is -0.121. The second-order valence-corrected chi connectivity index (χ2v) is 7.45. The molecule has 6 nitrogen and oxygen atoms in total. The predicted molar refractivity (Wildman–Crippen MR) is 115 cm³/mol. The van der Waals surface area contributed by atoms with Gasteiger partial charge in [0.15, 0.2) is 0 Å². The zero-order valence-corrected chi connectivity index (χ0v) is 17.0. The van der Waals surface area contributed by atoms with Crippen LogP contribution in [-0.4, -0.2) is 56.0 Å². The van der Waals surface area contributed by atoms with Crippen molar-refractivity contribution in [2.75, 3.05) is 39.3 Å². The number of amides is 2. The zero-order valence-electron chi connectivity index (χ0n) is 17.0. The van der Waals surface area contributed by atoms with Crippen molar-refractivity contribution >= 4 is 11.8 Å². The smallest absolute Gasteiger partial charge is 0.251 e. The highest BCUT2D eigenvalue weighted by molar-refractivity contribution is 5.94. The molecule has 0 aliphatic carbocycles. The van der Waals surface area contributed by atoms with Crippen molar-refractivity contribution < 1.29 is 9.59 Å². The van der Waals surface area contributed by atoms with Crippen molar-refractivity contribution in [2.24, 2.45) is 0 Å². The molecule has 1 aliphatic rings. The van der Waals surface area contributed by atoms with Crippen LogP contribution in [0.3, 0.4) is 0 Å². The van der Waals surface area contributed by atoms with Crippen LogP contribution >= 0.6 is 0 Å². The van der Waals surface area contributed by atoms with Crippen molar-refractivity contribution in [2.45, 2.75) is 19.4 Å². The maximum absolute atomic E-state index is 12.7. The van der Waals surface area contributed by atoms with Crippen molar-refractivity contribution in [1.82, 2.24) is 20.9 Å². The first-order valence-corrected chi connectivity index (χ1v) is 10.2. The topological polar surface area (TPSA) is 73.5 Å². The molecule has 0 aromatic heterocycles. The van der Waals surface area contributed by atoms with E-state index in [0.717, 1.165) is 43.9 Å². The summed E-state index contributed by atoms with van der Waals surface area (Å²) in [5.74, 6) is -0.231. The second kappa shape index (κ2) is 10.7. The Bertz CT molecular complexity index is 786. The molecule has 3 N–H and O–H groups in total. The van der Waals surface area contributed by atoms with Gasteiger partial charge < -0.3 is 16.0 Å². The number of nitrogens with zero attached hydrogens (tertiary/aromatic N) is 1. The molecule has 2 aromatic rings. The van der Waals surface area contributed by atoms with E-state index in [1.807, 2.05) is 49.4 Å². The highest BCUT2D eigenvalue weighted by Crippen LogP contribution is 2.17. The van der Waals surface area contributed by atoms with Gasteiger partial charge in [-0.05, 0) is 24.6 Å². The van der Waals surface area contributed by atoms with Crippen LogP contribution in [0.15, 0.2) is 54.6 Å². The van der Waals surface area contributed by atoms with Gasteiger partial charge in [-0.15, -0.1) is 0 Å². The van der Waals surface area contributed by atoms with E-state index in [2.05, 4.69) is 20.9 Å². The Morgan fingerprint density at radius 3 is 2.41 bits per heavy atom. The van der Waals surface area contributed by atoms with Gasteiger partial charge in [0, 0.05) is 44.8 Å². The van der Waals surface area contributed by atoms with E-state index < -0.39 is 0 Å². The fraction of sp³-hybridized carbons (Fsp3) is 0.391. The first-order valence-electron chi connectivity index (χ1n) is 10.2. The lowest BCUT2D eigenvalue weighted by Crippen LogP contribution is -2.46. The molecule has 1 heterocycles. The first kappa shape index (κ1) is 21.0. The van der Waals surface area contributed by atoms with Gasteiger partial charge >= 0.3 is 0 Å². The highest BCUT2D eigenvalue weighted by Gasteiger charge is 2.19. The van der Waals surface area contributed by atoms with Gasteiger partial charge in [0.05, 0.1) is 12.5 Å². The van der Waals surface area contributed by atoms with Gasteiger partial charge in [0.2, 0.25) is 5.91 Å². The molecule has 0 saturated carbocycles. The standard InChI is InChI=1S/C23H30N4O2/c1-18-7-9-20(10-8-18)23(29)26-21(19-5-3-2-4-6-19)17-22(28)25-13-16-27-14-11-24-12-15-27/h2-10,21,24H,11-17H2,1H3,(H,25,28)(H,26,29). The molecule has 1 aliphatic heterocycles. The second-order valence-electron chi connectivity index (χ2n) is 7.45. The SMILES string of the molecule is Cc1ccc(C(=O)NC(CC(=O)NCCN2CCNCC2)c2ccccc2)cc1. The summed E-state index contributed by atoms with van der Waals surface area (Å²) in [6.45, 7) is 7.46. The van der Waals surface area contributed by atoms with Crippen LogP contribution in [-0.2, 0) is 4.79 Å². The molecule has 1 atom stereocenters. The van der Waals surface area contributed by atoms with E-state index in [9.17, 15) is 9.59 Å². The zero-order chi connectivity index (χ0) is 20.5. The van der Waals surface area contributed by atoms with E-state index in [1.165, 1.54) is 0 Å². The Kier molecular flexibility index (Phi) is 7.78. The molecule has 2 amide bonds. The van der Waals surface area contributed by atoms with Gasteiger partial charge in [-0.3, -0.25) is 14.5 Å². The molecule has 0 radical (unpaired) electrons. The van der Waals surface area contributed by atoms with Crippen LogP contribution in [0.2, 0.25) is 0 Å². The molecular formula is C23H30N4O2. The molecular weight excluding hydrogens is 364 g/mol. The summed E-state index contributed by atoms with van der Waals surface area (Å²) >= 11 is 0. The quantitative estimate of drug-likeness (QED) is 0.639. The van der Waals surface area contributed by atoms with Crippen LogP contribution < -0.4 is 16.0 Å². The molecule has 1 fully saturated rings. The van der Waals surface area contributed by atoms with Crippen molar-refractivity contribution in [1.29, 1.82) is 0 Å². The lowest BCUT2D eigenvalue weighted by atomic mass is 10.0. The number of hydrogen-bond acceptors (Lipinski definition) is 4. The maximum Gasteiger partial charge on any atom is 0.251 e. The van der Waals surface area contributed by atoms with E-state index >= 15 is 0 Å².